The van der Waals surface area contributed by atoms with E-state index in [9.17, 15) is 14.9 Å². The molecule has 0 unspecified atom stereocenters. The van der Waals surface area contributed by atoms with Gasteiger partial charge in [-0.05, 0) is 37.0 Å². The average Bonchev–Trinajstić information content (AvgIpc) is 2.77. The smallest absolute Gasteiger partial charge is 0.308 e. The Hall–Kier alpha value is -2.89. The molecule has 1 heterocycles. The van der Waals surface area contributed by atoms with Crippen LogP contribution in [-0.4, -0.2) is 17.5 Å². The lowest BCUT2D eigenvalue weighted by Gasteiger charge is -2.23. The Labute approximate surface area is 133 Å². The molecule has 0 atom stereocenters. The highest BCUT2D eigenvalue weighted by molar-refractivity contribution is 6.02. The van der Waals surface area contributed by atoms with Crippen LogP contribution in [-0.2, 0) is 6.42 Å². The standard InChI is InChI=1S/C17H17N3O3/c21-17(18-14-7-2-1-3-8-14)19-11-5-4-6-13-9-10-15(20(22)23)12-16(13)19/h1-3,7-10,12H,4-6,11H2,(H,18,21). The van der Waals surface area contributed by atoms with Crippen molar-refractivity contribution in [3.63, 3.8) is 0 Å². The van der Waals surface area contributed by atoms with Gasteiger partial charge in [0.2, 0.25) is 0 Å². The molecule has 6 nitrogen and oxygen atoms in total. The highest BCUT2D eigenvalue weighted by Crippen LogP contribution is 2.30. The molecular formula is C17H17N3O3. The van der Waals surface area contributed by atoms with Gasteiger partial charge in [-0.15, -0.1) is 0 Å². The fraction of sp³-hybridized carbons (Fsp3) is 0.235. The maximum absolute atomic E-state index is 12.6. The number of nitro groups is 1. The van der Waals surface area contributed by atoms with E-state index < -0.39 is 4.92 Å². The Morgan fingerprint density at radius 1 is 1.13 bits per heavy atom. The van der Waals surface area contributed by atoms with E-state index in [-0.39, 0.29) is 11.7 Å². The van der Waals surface area contributed by atoms with E-state index in [1.165, 1.54) is 12.1 Å². The first-order chi connectivity index (χ1) is 11.1. The van der Waals surface area contributed by atoms with Gasteiger partial charge in [-0.1, -0.05) is 24.3 Å². The Balaban J connectivity index is 1.92. The SMILES string of the molecule is O=C(Nc1ccccc1)N1CCCCc2ccc([N+](=O)[O-])cc21. The number of non-ortho nitro benzene ring substituents is 1. The molecule has 0 aromatic heterocycles. The molecule has 1 aliphatic rings. The number of carbonyl (C=O) groups is 1. The Morgan fingerprint density at radius 3 is 2.65 bits per heavy atom. The molecular weight excluding hydrogens is 294 g/mol. The second kappa shape index (κ2) is 6.48. The van der Waals surface area contributed by atoms with Gasteiger partial charge in [-0.2, -0.15) is 0 Å². The lowest BCUT2D eigenvalue weighted by Crippen LogP contribution is -2.35. The van der Waals surface area contributed by atoms with Gasteiger partial charge in [0.05, 0.1) is 10.6 Å². The molecule has 1 aliphatic heterocycles. The molecule has 0 saturated carbocycles. The zero-order chi connectivity index (χ0) is 16.2. The number of anilines is 2. The van der Waals surface area contributed by atoms with Crippen molar-refractivity contribution in [3.8, 4) is 0 Å². The van der Waals surface area contributed by atoms with Crippen LogP contribution in [0.25, 0.3) is 0 Å². The normalized spacial score (nSPS) is 13.8. The summed E-state index contributed by atoms with van der Waals surface area (Å²) < 4.78 is 0. The van der Waals surface area contributed by atoms with Gasteiger partial charge in [0, 0.05) is 24.4 Å². The number of para-hydroxylation sites is 1. The summed E-state index contributed by atoms with van der Waals surface area (Å²) in [5.41, 5.74) is 2.30. The fourth-order valence-corrected chi connectivity index (χ4v) is 2.76. The zero-order valence-electron chi connectivity index (χ0n) is 12.6. The number of nitro benzene ring substituents is 1. The molecule has 118 valence electrons. The van der Waals surface area contributed by atoms with E-state index in [0.717, 1.165) is 24.8 Å². The summed E-state index contributed by atoms with van der Waals surface area (Å²) in [6.45, 7) is 0.548. The van der Waals surface area contributed by atoms with Crippen LogP contribution in [0.3, 0.4) is 0 Å². The van der Waals surface area contributed by atoms with Gasteiger partial charge in [-0.3, -0.25) is 15.0 Å². The average molecular weight is 311 g/mol. The number of benzene rings is 2. The third kappa shape index (κ3) is 3.31. The molecule has 0 bridgehead atoms. The van der Waals surface area contributed by atoms with Crippen molar-refractivity contribution in [2.24, 2.45) is 0 Å². The third-order valence-electron chi connectivity index (χ3n) is 3.92. The summed E-state index contributed by atoms with van der Waals surface area (Å²) in [6, 6.07) is 13.7. The number of carbonyl (C=O) groups excluding carboxylic acids is 1. The monoisotopic (exact) mass is 311 g/mol. The predicted octanol–water partition coefficient (Wildman–Crippen LogP) is 3.97. The minimum atomic E-state index is -0.432. The van der Waals surface area contributed by atoms with E-state index >= 15 is 0 Å². The molecule has 1 N–H and O–H groups in total. The number of hydrogen-bond acceptors (Lipinski definition) is 3. The van der Waals surface area contributed by atoms with E-state index in [1.807, 2.05) is 30.3 Å². The van der Waals surface area contributed by atoms with Crippen LogP contribution in [0.5, 0.6) is 0 Å². The molecule has 2 aromatic rings. The maximum atomic E-state index is 12.6. The molecule has 0 spiro atoms. The number of amides is 2. The Kier molecular flexibility index (Phi) is 4.23. The van der Waals surface area contributed by atoms with Crippen molar-refractivity contribution in [3.05, 3.63) is 64.2 Å². The van der Waals surface area contributed by atoms with Crippen molar-refractivity contribution in [1.29, 1.82) is 0 Å². The summed E-state index contributed by atoms with van der Waals surface area (Å²) in [4.78, 5) is 24.8. The van der Waals surface area contributed by atoms with Crippen LogP contribution in [0, 0.1) is 10.1 Å². The molecule has 3 rings (SSSR count). The molecule has 0 radical (unpaired) electrons. The van der Waals surface area contributed by atoms with Gasteiger partial charge in [0.1, 0.15) is 0 Å². The van der Waals surface area contributed by atoms with Gasteiger partial charge in [-0.25, -0.2) is 4.79 Å². The molecule has 0 saturated heterocycles. The molecule has 0 fully saturated rings. The summed E-state index contributed by atoms with van der Waals surface area (Å²) in [7, 11) is 0. The molecule has 2 aromatic carbocycles. The molecule has 23 heavy (non-hydrogen) atoms. The minimum absolute atomic E-state index is 0.00293. The first-order valence-corrected chi connectivity index (χ1v) is 7.56. The number of fused-ring (bicyclic) bond motifs is 1. The molecule has 2 amide bonds. The number of rotatable bonds is 2. The van der Waals surface area contributed by atoms with Gasteiger partial charge in [0.25, 0.3) is 5.69 Å². The van der Waals surface area contributed by atoms with Crippen LogP contribution in [0.1, 0.15) is 18.4 Å². The lowest BCUT2D eigenvalue weighted by atomic mass is 10.1. The lowest BCUT2D eigenvalue weighted by molar-refractivity contribution is -0.384. The number of aryl methyl sites for hydroxylation is 1. The summed E-state index contributed by atoms with van der Waals surface area (Å²) in [5.74, 6) is 0. The molecule has 6 heteroatoms. The van der Waals surface area contributed by atoms with E-state index in [4.69, 9.17) is 0 Å². The van der Waals surface area contributed by atoms with Gasteiger partial charge >= 0.3 is 6.03 Å². The first-order valence-electron chi connectivity index (χ1n) is 7.56. The highest BCUT2D eigenvalue weighted by atomic mass is 16.6. The van der Waals surface area contributed by atoms with Gasteiger partial charge < -0.3 is 5.32 Å². The zero-order valence-corrected chi connectivity index (χ0v) is 12.6. The van der Waals surface area contributed by atoms with Crippen LogP contribution in [0.15, 0.2) is 48.5 Å². The van der Waals surface area contributed by atoms with Crippen molar-refractivity contribution < 1.29 is 9.72 Å². The minimum Gasteiger partial charge on any atom is -0.308 e. The third-order valence-corrected chi connectivity index (χ3v) is 3.92. The van der Waals surface area contributed by atoms with Crippen molar-refractivity contribution in [1.82, 2.24) is 0 Å². The summed E-state index contributed by atoms with van der Waals surface area (Å²) >= 11 is 0. The summed E-state index contributed by atoms with van der Waals surface area (Å²) in [5, 5.41) is 13.9. The largest absolute Gasteiger partial charge is 0.326 e. The van der Waals surface area contributed by atoms with E-state index in [2.05, 4.69) is 5.32 Å². The van der Waals surface area contributed by atoms with E-state index in [1.54, 1.807) is 11.0 Å². The fourth-order valence-electron chi connectivity index (χ4n) is 2.76. The van der Waals surface area contributed by atoms with Crippen LogP contribution >= 0.6 is 0 Å². The van der Waals surface area contributed by atoms with Crippen molar-refractivity contribution in [2.75, 3.05) is 16.8 Å². The topological polar surface area (TPSA) is 75.5 Å². The molecule has 0 aliphatic carbocycles. The Morgan fingerprint density at radius 2 is 1.91 bits per heavy atom. The van der Waals surface area contributed by atoms with Crippen molar-refractivity contribution in [2.45, 2.75) is 19.3 Å². The number of hydrogen-bond donors (Lipinski definition) is 1. The quantitative estimate of drug-likeness (QED) is 0.673. The summed E-state index contributed by atoms with van der Waals surface area (Å²) in [6.07, 6.45) is 2.65. The van der Waals surface area contributed by atoms with Crippen molar-refractivity contribution >= 4 is 23.1 Å². The first kappa shape index (κ1) is 15.0. The van der Waals surface area contributed by atoms with Crippen LogP contribution in [0.2, 0.25) is 0 Å². The number of nitrogens with one attached hydrogen (secondary N) is 1. The van der Waals surface area contributed by atoms with Crippen LogP contribution in [0.4, 0.5) is 21.9 Å². The second-order valence-electron chi connectivity index (χ2n) is 5.48. The van der Waals surface area contributed by atoms with E-state index in [0.29, 0.717) is 17.9 Å². The number of urea groups is 1. The number of nitrogens with zero attached hydrogens (tertiary/aromatic N) is 2. The van der Waals surface area contributed by atoms with Gasteiger partial charge in [0.15, 0.2) is 0 Å². The van der Waals surface area contributed by atoms with Crippen LogP contribution < -0.4 is 10.2 Å². The maximum Gasteiger partial charge on any atom is 0.326 e. The second-order valence-corrected chi connectivity index (χ2v) is 5.48. The highest BCUT2D eigenvalue weighted by Gasteiger charge is 2.23. The Bertz CT molecular complexity index is 731. The predicted molar refractivity (Wildman–Crippen MR) is 88.8 cm³/mol.